The van der Waals surface area contributed by atoms with Gasteiger partial charge in [0.15, 0.2) is 0 Å². The molecule has 1 atom stereocenters. The Bertz CT molecular complexity index is 576. The van der Waals surface area contributed by atoms with E-state index in [0.29, 0.717) is 11.8 Å². The van der Waals surface area contributed by atoms with Gasteiger partial charge in [-0.05, 0) is 50.4 Å². The largest absolute Gasteiger partial charge is 0.356 e. The smallest absolute Gasteiger partial charge is 0.223 e. The summed E-state index contributed by atoms with van der Waals surface area (Å²) in [6.45, 7) is 2.39. The molecule has 0 spiro atoms. The molecule has 1 aromatic heterocycles. The molecule has 5 nitrogen and oxygen atoms in total. The van der Waals surface area contributed by atoms with Crippen molar-refractivity contribution in [3.8, 4) is 0 Å². The molecule has 1 aromatic rings. The van der Waals surface area contributed by atoms with Gasteiger partial charge in [0.25, 0.3) is 0 Å². The highest BCUT2D eigenvalue weighted by molar-refractivity contribution is 7.09. The van der Waals surface area contributed by atoms with Crippen LogP contribution in [-0.4, -0.2) is 23.3 Å². The van der Waals surface area contributed by atoms with Gasteiger partial charge >= 0.3 is 0 Å². The maximum Gasteiger partial charge on any atom is 0.223 e. The van der Waals surface area contributed by atoms with Crippen LogP contribution in [0.4, 0.5) is 0 Å². The van der Waals surface area contributed by atoms with Crippen molar-refractivity contribution < 1.29 is 9.59 Å². The fourth-order valence-corrected chi connectivity index (χ4v) is 5.25. The number of thiazole rings is 1. The van der Waals surface area contributed by atoms with Crippen LogP contribution in [0.1, 0.15) is 75.8 Å². The Morgan fingerprint density at radius 2 is 1.88 bits per heavy atom. The van der Waals surface area contributed by atoms with Crippen LogP contribution in [0.25, 0.3) is 0 Å². The highest BCUT2D eigenvalue weighted by Crippen LogP contribution is 2.37. The van der Waals surface area contributed by atoms with Crippen LogP contribution in [-0.2, 0) is 9.59 Å². The van der Waals surface area contributed by atoms with Gasteiger partial charge in [0.1, 0.15) is 5.01 Å². The van der Waals surface area contributed by atoms with Gasteiger partial charge in [0.05, 0.1) is 6.04 Å². The number of rotatable bonds is 6. The van der Waals surface area contributed by atoms with E-state index in [1.54, 1.807) is 24.5 Å². The Morgan fingerprint density at radius 1 is 1.15 bits per heavy atom. The van der Waals surface area contributed by atoms with E-state index in [9.17, 15) is 9.59 Å². The number of carbonyl (C=O) groups excluding carboxylic acids is 2. The molecule has 0 radical (unpaired) electrons. The zero-order valence-electron chi connectivity index (χ0n) is 15.7. The Morgan fingerprint density at radius 3 is 2.50 bits per heavy atom. The van der Waals surface area contributed by atoms with Gasteiger partial charge < -0.3 is 10.6 Å². The lowest BCUT2D eigenvalue weighted by atomic mass is 9.78. The van der Waals surface area contributed by atoms with E-state index < -0.39 is 0 Å². The lowest BCUT2D eigenvalue weighted by Gasteiger charge is -2.33. The number of aromatic nitrogens is 1. The fraction of sp³-hybridized carbons (Fsp3) is 0.750. The summed E-state index contributed by atoms with van der Waals surface area (Å²) in [5.74, 6) is 1.52. The van der Waals surface area contributed by atoms with Crippen molar-refractivity contribution >= 4 is 23.2 Å². The summed E-state index contributed by atoms with van der Waals surface area (Å²) in [4.78, 5) is 28.3. The van der Waals surface area contributed by atoms with Crippen LogP contribution in [0, 0.1) is 17.8 Å². The standard InChI is InChI=1S/C20H31N3O2S/c1-14(24)23-18(20-21-11-12-26-20)16-9-7-15(8-10-16)13-22-19(25)17-5-3-2-4-6-17/h11-12,15-18H,2-10,13H2,1H3,(H,22,25)(H,23,24)/t15?,16?,18-/m1/s1. The van der Waals surface area contributed by atoms with Crippen molar-refractivity contribution in [3.05, 3.63) is 16.6 Å². The quantitative estimate of drug-likeness (QED) is 0.791. The van der Waals surface area contributed by atoms with Gasteiger partial charge in [0, 0.05) is 31.0 Å². The fourth-order valence-electron chi connectivity index (χ4n) is 4.47. The summed E-state index contributed by atoms with van der Waals surface area (Å²) < 4.78 is 0. The van der Waals surface area contributed by atoms with E-state index in [0.717, 1.165) is 50.1 Å². The molecule has 26 heavy (non-hydrogen) atoms. The monoisotopic (exact) mass is 377 g/mol. The third-order valence-corrected chi connectivity index (χ3v) is 6.84. The van der Waals surface area contributed by atoms with E-state index in [-0.39, 0.29) is 23.8 Å². The zero-order chi connectivity index (χ0) is 18.4. The second-order valence-corrected chi connectivity index (χ2v) is 8.84. The average Bonchev–Trinajstić information content (AvgIpc) is 3.20. The molecule has 2 amide bonds. The molecule has 0 aromatic carbocycles. The maximum atomic E-state index is 12.3. The molecule has 0 saturated heterocycles. The van der Waals surface area contributed by atoms with Crippen LogP contribution in [0.5, 0.6) is 0 Å². The molecular weight excluding hydrogens is 346 g/mol. The van der Waals surface area contributed by atoms with Gasteiger partial charge in [-0.2, -0.15) is 0 Å². The molecule has 2 aliphatic rings. The first kappa shape index (κ1) is 19.3. The van der Waals surface area contributed by atoms with Gasteiger partial charge in [-0.15, -0.1) is 11.3 Å². The molecular formula is C20H31N3O2S. The van der Waals surface area contributed by atoms with E-state index in [1.165, 1.54) is 19.3 Å². The second-order valence-electron chi connectivity index (χ2n) is 7.91. The van der Waals surface area contributed by atoms with Crippen LogP contribution >= 0.6 is 11.3 Å². The summed E-state index contributed by atoms with van der Waals surface area (Å²) in [6.07, 6.45) is 12.0. The van der Waals surface area contributed by atoms with Crippen molar-refractivity contribution in [3.63, 3.8) is 0 Å². The molecule has 6 heteroatoms. The van der Waals surface area contributed by atoms with Gasteiger partial charge in [-0.1, -0.05) is 19.3 Å². The molecule has 2 N–H and O–H groups in total. The first-order chi connectivity index (χ1) is 12.6. The molecule has 1 heterocycles. The predicted octanol–water partition coefficient (Wildman–Crippen LogP) is 3.82. The molecule has 2 saturated carbocycles. The summed E-state index contributed by atoms with van der Waals surface area (Å²) in [6, 6.07) is 0.0327. The van der Waals surface area contributed by atoms with Gasteiger partial charge in [-0.25, -0.2) is 4.98 Å². The number of amides is 2. The minimum atomic E-state index is 0.00655. The second kappa shape index (κ2) is 9.49. The van der Waals surface area contributed by atoms with Crippen molar-refractivity contribution in [2.24, 2.45) is 17.8 Å². The van der Waals surface area contributed by atoms with Crippen molar-refractivity contribution in [1.29, 1.82) is 0 Å². The van der Waals surface area contributed by atoms with E-state index in [2.05, 4.69) is 15.6 Å². The zero-order valence-corrected chi connectivity index (χ0v) is 16.5. The summed E-state index contributed by atoms with van der Waals surface area (Å²) >= 11 is 1.61. The van der Waals surface area contributed by atoms with Crippen LogP contribution in [0.2, 0.25) is 0 Å². The Kier molecular flexibility index (Phi) is 7.06. The van der Waals surface area contributed by atoms with Crippen LogP contribution in [0.3, 0.4) is 0 Å². The SMILES string of the molecule is CC(=O)N[C@@H](c1nccs1)C1CCC(CNC(=O)C2CCCCC2)CC1. The van der Waals surface area contributed by atoms with Crippen molar-refractivity contribution in [2.45, 2.75) is 70.8 Å². The van der Waals surface area contributed by atoms with E-state index in [1.807, 2.05) is 5.38 Å². The van der Waals surface area contributed by atoms with Crippen molar-refractivity contribution in [1.82, 2.24) is 15.6 Å². The Balaban J connectivity index is 1.45. The maximum absolute atomic E-state index is 12.3. The topological polar surface area (TPSA) is 71.1 Å². The van der Waals surface area contributed by atoms with Crippen LogP contribution in [0.15, 0.2) is 11.6 Å². The van der Waals surface area contributed by atoms with Gasteiger partial charge in [-0.3, -0.25) is 9.59 Å². The molecule has 2 aliphatic carbocycles. The Hall–Kier alpha value is -1.43. The Labute approximate surface area is 160 Å². The summed E-state index contributed by atoms with van der Waals surface area (Å²) in [5.41, 5.74) is 0. The molecule has 0 bridgehead atoms. The van der Waals surface area contributed by atoms with Gasteiger partial charge in [0.2, 0.25) is 11.8 Å². The summed E-state index contributed by atoms with van der Waals surface area (Å²) in [7, 11) is 0. The third-order valence-electron chi connectivity index (χ3n) is 5.98. The number of hydrogen-bond acceptors (Lipinski definition) is 4. The predicted molar refractivity (Wildman–Crippen MR) is 104 cm³/mol. The number of carbonyl (C=O) groups is 2. The van der Waals surface area contributed by atoms with E-state index >= 15 is 0 Å². The normalized spacial score (nSPS) is 25.4. The highest BCUT2D eigenvalue weighted by Gasteiger charge is 2.31. The molecule has 0 aliphatic heterocycles. The van der Waals surface area contributed by atoms with Crippen LogP contribution < -0.4 is 10.6 Å². The molecule has 3 rings (SSSR count). The first-order valence-corrected chi connectivity index (χ1v) is 11.0. The molecule has 0 unspecified atom stereocenters. The first-order valence-electron chi connectivity index (χ1n) is 10.1. The third kappa shape index (κ3) is 5.29. The lowest BCUT2D eigenvalue weighted by molar-refractivity contribution is -0.126. The number of hydrogen-bond donors (Lipinski definition) is 2. The highest BCUT2D eigenvalue weighted by atomic mass is 32.1. The number of nitrogens with one attached hydrogen (secondary N) is 2. The van der Waals surface area contributed by atoms with Crippen molar-refractivity contribution in [2.75, 3.05) is 6.54 Å². The van der Waals surface area contributed by atoms with E-state index in [4.69, 9.17) is 0 Å². The molecule has 2 fully saturated rings. The summed E-state index contributed by atoms with van der Waals surface area (Å²) in [5, 5.41) is 9.28. The lowest BCUT2D eigenvalue weighted by Crippen LogP contribution is -2.38. The minimum Gasteiger partial charge on any atom is -0.356 e. The molecule has 144 valence electrons. The number of nitrogens with zero attached hydrogens (tertiary/aromatic N) is 1. The average molecular weight is 378 g/mol. The minimum absolute atomic E-state index is 0.00655.